The highest BCUT2D eigenvalue weighted by Crippen LogP contribution is 2.33. The van der Waals surface area contributed by atoms with E-state index < -0.39 is 6.04 Å². The number of hydrogen-bond acceptors (Lipinski definition) is 5. The van der Waals surface area contributed by atoms with Gasteiger partial charge in [0.05, 0.1) is 11.6 Å². The summed E-state index contributed by atoms with van der Waals surface area (Å²) in [4.78, 5) is 29.5. The van der Waals surface area contributed by atoms with Crippen molar-refractivity contribution in [1.82, 2.24) is 19.5 Å². The summed E-state index contributed by atoms with van der Waals surface area (Å²) in [5.41, 5.74) is 2.73. The maximum Gasteiger partial charge on any atom is 0.273 e. The third-order valence-electron chi connectivity index (χ3n) is 5.86. The molecule has 2 atom stereocenters. The Hall–Kier alpha value is -3.81. The van der Waals surface area contributed by atoms with E-state index in [4.69, 9.17) is 9.47 Å². The Morgan fingerprint density at radius 3 is 2.62 bits per heavy atom. The lowest BCUT2D eigenvalue weighted by molar-refractivity contribution is -0.124. The molecule has 8 heteroatoms. The smallest absolute Gasteiger partial charge is 0.273 e. The summed E-state index contributed by atoms with van der Waals surface area (Å²) in [5, 5.41) is 3.93. The van der Waals surface area contributed by atoms with Crippen LogP contribution in [0.25, 0.3) is 16.6 Å². The predicted octanol–water partition coefficient (Wildman–Crippen LogP) is 3.17. The molecule has 0 radical (unpaired) electrons. The Balaban J connectivity index is 1.49. The van der Waals surface area contributed by atoms with Crippen molar-refractivity contribution < 1.29 is 14.3 Å². The van der Waals surface area contributed by atoms with Crippen molar-refractivity contribution in [1.29, 1.82) is 0 Å². The molecule has 1 amide bonds. The zero-order valence-corrected chi connectivity index (χ0v) is 18.2. The van der Waals surface area contributed by atoms with Crippen LogP contribution in [0.3, 0.4) is 0 Å². The number of amides is 1. The highest BCUT2D eigenvalue weighted by atomic mass is 16.6. The minimum atomic E-state index is -0.542. The van der Waals surface area contributed by atoms with Gasteiger partial charge in [-0.15, -0.1) is 0 Å². The molecule has 5 rings (SSSR count). The second-order valence-electron chi connectivity index (χ2n) is 8.04. The summed E-state index contributed by atoms with van der Waals surface area (Å²) >= 11 is 0. The van der Waals surface area contributed by atoms with E-state index in [-0.39, 0.29) is 17.5 Å². The van der Waals surface area contributed by atoms with Crippen molar-refractivity contribution >= 4 is 22.5 Å². The number of benzene rings is 2. The molecule has 164 valence electrons. The zero-order valence-electron chi connectivity index (χ0n) is 18.2. The van der Waals surface area contributed by atoms with Crippen molar-refractivity contribution in [3.05, 3.63) is 70.1 Å². The van der Waals surface area contributed by atoms with E-state index in [0.717, 1.165) is 22.2 Å². The lowest BCUT2D eigenvalue weighted by Gasteiger charge is -2.23. The number of aryl methyl sites for hydroxylation is 1. The largest absolute Gasteiger partial charge is 0.486 e. The Kier molecular flexibility index (Phi) is 4.84. The molecule has 2 aromatic heterocycles. The van der Waals surface area contributed by atoms with E-state index in [2.05, 4.69) is 10.3 Å². The van der Waals surface area contributed by atoms with E-state index in [9.17, 15) is 9.59 Å². The van der Waals surface area contributed by atoms with Gasteiger partial charge in [0, 0.05) is 17.1 Å². The maximum atomic E-state index is 13.3. The highest BCUT2D eigenvalue weighted by molar-refractivity contribution is 5.94. The quantitative estimate of drug-likeness (QED) is 0.535. The fourth-order valence-corrected chi connectivity index (χ4v) is 4.25. The number of nitrogens with one attached hydrogen (secondary N) is 1. The molecule has 1 aliphatic heterocycles. The van der Waals surface area contributed by atoms with Crippen LogP contribution >= 0.6 is 0 Å². The number of ether oxygens (including phenoxy) is 2. The summed E-state index contributed by atoms with van der Waals surface area (Å²) in [6.07, 6.45) is 0. The first kappa shape index (κ1) is 20.1. The molecule has 0 unspecified atom stereocenters. The summed E-state index contributed by atoms with van der Waals surface area (Å²) in [7, 11) is 0. The molecule has 0 fully saturated rings. The zero-order chi connectivity index (χ0) is 22.4. The van der Waals surface area contributed by atoms with Crippen LogP contribution < -0.4 is 20.3 Å². The van der Waals surface area contributed by atoms with Crippen molar-refractivity contribution in [3.63, 3.8) is 0 Å². The van der Waals surface area contributed by atoms with Crippen LogP contribution in [0.4, 0.5) is 0 Å². The van der Waals surface area contributed by atoms with Crippen LogP contribution in [0.1, 0.15) is 37.2 Å². The molecule has 3 heterocycles. The molecule has 2 aromatic carbocycles. The van der Waals surface area contributed by atoms with Crippen LogP contribution in [0, 0.1) is 6.92 Å². The number of rotatable bonds is 4. The molecule has 8 nitrogen and oxygen atoms in total. The minimum absolute atomic E-state index is 0.145. The van der Waals surface area contributed by atoms with E-state index in [1.165, 1.54) is 6.07 Å². The first-order valence-electron chi connectivity index (χ1n) is 10.6. The van der Waals surface area contributed by atoms with Crippen molar-refractivity contribution in [3.8, 4) is 11.5 Å². The van der Waals surface area contributed by atoms with Gasteiger partial charge in [0.25, 0.3) is 5.56 Å². The molecule has 32 heavy (non-hydrogen) atoms. The molecule has 0 saturated carbocycles. The van der Waals surface area contributed by atoms with Gasteiger partial charge in [-0.2, -0.15) is 4.98 Å². The first-order chi connectivity index (χ1) is 15.4. The average Bonchev–Trinajstić information content (AvgIpc) is 3.12. The topological polar surface area (TPSA) is 86.9 Å². The number of nitrogens with zero attached hydrogens (tertiary/aromatic N) is 3. The molecule has 1 aliphatic rings. The Morgan fingerprint density at radius 1 is 1.06 bits per heavy atom. The number of hydrogen-bond donors (Lipinski definition) is 1. The third-order valence-corrected chi connectivity index (χ3v) is 5.86. The molecular weight excluding hydrogens is 408 g/mol. The van der Waals surface area contributed by atoms with Gasteiger partial charge < -0.3 is 14.8 Å². The second-order valence-corrected chi connectivity index (χ2v) is 8.04. The number of para-hydroxylation sites is 1. The molecule has 1 N–H and O–H groups in total. The lowest BCUT2D eigenvalue weighted by atomic mass is 10.1. The Bertz CT molecular complexity index is 1400. The van der Waals surface area contributed by atoms with Crippen LogP contribution in [-0.2, 0) is 4.79 Å². The fourth-order valence-electron chi connectivity index (χ4n) is 4.25. The molecule has 0 spiro atoms. The van der Waals surface area contributed by atoms with Gasteiger partial charge in [-0.05, 0) is 50.6 Å². The highest BCUT2D eigenvalue weighted by Gasteiger charge is 2.24. The monoisotopic (exact) mass is 432 g/mol. The van der Waals surface area contributed by atoms with E-state index >= 15 is 0 Å². The van der Waals surface area contributed by atoms with Gasteiger partial charge >= 0.3 is 0 Å². The molecule has 4 aromatic rings. The molecule has 0 bridgehead atoms. The van der Waals surface area contributed by atoms with E-state index in [0.29, 0.717) is 30.4 Å². The van der Waals surface area contributed by atoms with Gasteiger partial charge in [-0.1, -0.05) is 18.2 Å². The summed E-state index contributed by atoms with van der Waals surface area (Å²) < 4.78 is 15.0. The van der Waals surface area contributed by atoms with E-state index in [1.54, 1.807) is 0 Å². The number of fused-ring (bicyclic) bond motifs is 4. The SMILES string of the molecule is Cc1cc(=O)nc2c3ccccc3n([C@@H](C)C(=O)N[C@H](C)c3ccc4c(c3)OCCO4)n12. The molecular formula is C24H24N4O4. The Labute approximate surface area is 184 Å². The van der Waals surface area contributed by atoms with E-state index in [1.807, 2.05) is 72.4 Å². The summed E-state index contributed by atoms with van der Waals surface area (Å²) in [6, 6.07) is 14.1. The number of carbonyl (C=O) groups excluding carboxylic acids is 1. The molecule has 0 saturated heterocycles. The van der Waals surface area contributed by atoms with Crippen molar-refractivity contribution in [2.45, 2.75) is 32.9 Å². The van der Waals surface area contributed by atoms with Crippen molar-refractivity contribution in [2.24, 2.45) is 0 Å². The van der Waals surface area contributed by atoms with Crippen LogP contribution in [-0.4, -0.2) is 33.3 Å². The summed E-state index contributed by atoms with van der Waals surface area (Å²) in [5.74, 6) is 1.26. The van der Waals surface area contributed by atoms with Crippen LogP contribution in [0.2, 0.25) is 0 Å². The van der Waals surface area contributed by atoms with Gasteiger partial charge in [0.2, 0.25) is 5.91 Å². The number of carbonyl (C=O) groups is 1. The predicted molar refractivity (Wildman–Crippen MR) is 120 cm³/mol. The second kappa shape index (κ2) is 7.71. The molecule has 0 aliphatic carbocycles. The fraction of sp³-hybridized carbons (Fsp3) is 0.292. The van der Waals surface area contributed by atoms with Gasteiger partial charge in [0.1, 0.15) is 19.3 Å². The average molecular weight is 432 g/mol. The third kappa shape index (κ3) is 3.28. The standard InChI is InChI=1S/C24H24N4O4/c1-14-12-22(29)26-23-18-6-4-5-7-19(18)28(27(14)23)16(3)24(30)25-15(2)17-8-9-20-21(13-17)32-11-10-31-20/h4-9,12-13,15-16H,10-11H2,1-3H3,(H,25,30)/t15-,16+/m1/s1. The normalized spacial score (nSPS) is 15.0. The van der Waals surface area contributed by atoms with Gasteiger partial charge in [-0.3, -0.25) is 14.3 Å². The summed E-state index contributed by atoms with van der Waals surface area (Å²) in [6.45, 7) is 6.67. The first-order valence-corrected chi connectivity index (χ1v) is 10.6. The Morgan fingerprint density at radius 2 is 1.81 bits per heavy atom. The van der Waals surface area contributed by atoms with Gasteiger partial charge in [-0.25, -0.2) is 4.52 Å². The van der Waals surface area contributed by atoms with Crippen molar-refractivity contribution in [2.75, 3.05) is 13.2 Å². The minimum Gasteiger partial charge on any atom is -0.486 e. The number of aromatic nitrogens is 3. The van der Waals surface area contributed by atoms with Gasteiger partial charge in [0.15, 0.2) is 17.1 Å². The van der Waals surface area contributed by atoms with Crippen LogP contribution in [0.5, 0.6) is 11.5 Å². The lowest BCUT2D eigenvalue weighted by Crippen LogP contribution is -2.34. The van der Waals surface area contributed by atoms with Crippen LogP contribution in [0.15, 0.2) is 53.3 Å². The maximum absolute atomic E-state index is 13.3.